The molecule has 4 saturated carbocycles. The molecule has 0 unspecified atom stereocenters. The van der Waals surface area contributed by atoms with Gasteiger partial charge in [0.2, 0.25) is 0 Å². The van der Waals surface area contributed by atoms with Gasteiger partial charge in [-0.05, 0) is 81.0 Å². The highest BCUT2D eigenvalue weighted by Crippen LogP contribution is 2.73. The number of aliphatic hydroxyl groups is 1. The van der Waals surface area contributed by atoms with Crippen molar-refractivity contribution in [3.63, 3.8) is 0 Å². The fraction of sp³-hybridized carbons (Fsp3) is 0.920. The zero-order valence-corrected chi connectivity index (χ0v) is 18.9. The summed E-state index contributed by atoms with van der Waals surface area (Å²) in [7, 11) is 0. The molecular weight excluding hydrogens is 380 g/mol. The van der Waals surface area contributed by atoms with Gasteiger partial charge in [0.15, 0.2) is 5.78 Å². The number of carbonyl (C=O) groups is 2. The predicted molar refractivity (Wildman–Crippen MR) is 112 cm³/mol. The van der Waals surface area contributed by atoms with Crippen molar-refractivity contribution in [3.8, 4) is 0 Å². The molecule has 0 aromatic heterocycles. The molecule has 0 aromatic carbocycles. The number of rotatable bonds is 5. The van der Waals surface area contributed by atoms with Crippen molar-refractivity contribution in [3.05, 3.63) is 0 Å². The molecule has 1 saturated heterocycles. The molecule has 0 bridgehead atoms. The van der Waals surface area contributed by atoms with Crippen LogP contribution in [0.2, 0.25) is 0 Å². The zero-order valence-electron chi connectivity index (χ0n) is 18.9. The van der Waals surface area contributed by atoms with E-state index in [9.17, 15) is 14.7 Å². The van der Waals surface area contributed by atoms with E-state index in [1.807, 2.05) is 6.92 Å². The lowest BCUT2D eigenvalue weighted by Gasteiger charge is -2.60. The first-order valence-corrected chi connectivity index (χ1v) is 12.3. The Bertz CT molecular complexity index is 750. The van der Waals surface area contributed by atoms with Crippen LogP contribution in [0.3, 0.4) is 0 Å². The Hall–Kier alpha value is -0.940. The van der Waals surface area contributed by atoms with Crippen LogP contribution in [0.1, 0.15) is 91.4 Å². The van der Waals surface area contributed by atoms with Crippen molar-refractivity contribution in [1.82, 2.24) is 0 Å². The molecule has 8 atom stereocenters. The topological polar surface area (TPSA) is 76.1 Å². The maximum absolute atomic E-state index is 12.3. The summed E-state index contributed by atoms with van der Waals surface area (Å²) in [5, 5.41) is 11.7. The first-order valence-electron chi connectivity index (χ1n) is 12.3. The van der Waals surface area contributed by atoms with E-state index in [0.717, 1.165) is 57.8 Å². The minimum absolute atomic E-state index is 0.0574. The normalized spacial score (nSPS) is 51.4. The van der Waals surface area contributed by atoms with Gasteiger partial charge in [-0.25, -0.2) is 0 Å². The lowest BCUT2D eigenvalue weighted by Crippen LogP contribution is -2.59. The molecule has 0 radical (unpaired) electrons. The molecule has 1 aliphatic heterocycles. The largest absolute Gasteiger partial charge is 0.466 e. The second-order valence-electron chi connectivity index (χ2n) is 11.4. The van der Waals surface area contributed by atoms with Gasteiger partial charge in [0.25, 0.3) is 0 Å². The van der Waals surface area contributed by atoms with Crippen LogP contribution < -0.4 is 0 Å². The highest BCUT2D eigenvalue weighted by atomic mass is 16.6. The van der Waals surface area contributed by atoms with Crippen LogP contribution >= 0.6 is 0 Å². The maximum Gasteiger partial charge on any atom is 0.305 e. The molecule has 0 amide bonds. The van der Waals surface area contributed by atoms with Gasteiger partial charge in [0, 0.05) is 18.3 Å². The van der Waals surface area contributed by atoms with Gasteiger partial charge in [-0.2, -0.15) is 0 Å². The number of fused-ring (bicyclic) bond motifs is 4. The molecule has 4 aliphatic carbocycles. The maximum atomic E-state index is 12.3. The molecule has 5 aliphatic rings. The van der Waals surface area contributed by atoms with Crippen LogP contribution in [0.4, 0.5) is 0 Å². The van der Waals surface area contributed by atoms with Gasteiger partial charge < -0.3 is 14.6 Å². The monoisotopic (exact) mass is 418 g/mol. The Morgan fingerprint density at radius 2 is 1.83 bits per heavy atom. The van der Waals surface area contributed by atoms with Crippen molar-refractivity contribution < 1.29 is 24.2 Å². The van der Waals surface area contributed by atoms with Crippen molar-refractivity contribution in [2.75, 3.05) is 6.61 Å². The van der Waals surface area contributed by atoms with Crippen molar-refractivity contribution in [2.45, 2.75) is 109 Å². The number of hydrogen-bond acceptors (Lipinski definition) is 5. The quantitative estimate of drug-likeness (QED) is 0.411. The Balaban J connectivity index is 1.31. The van der Waals surface area contributed by atoms with Crippen molar-refractivity contribution in [1.29, 1.82) is 0 Å². The number of hydrogen-bond donors (Lipinski definition) is 1. The number of Topliss-reactive ketones (excluding diaryl/α,β-unsaturated/α-hetero) is 1. The minimum atomic E-state index is -0.654. The Morgan fingerprint density at radius 3 is 2.60 bits per heavy atom. The number of esters is 1. The summed E-state index contributed by atoms with van der Waals surface area (Å²) in [6, 6.07) is 0. The molecule has 1 N–H and O–H groups in total. The second kappa shape index (κ2) is 6.78. The molecule has 30 heavy (non-hydrogen) atoms. The smallest absolute Gasteiger partial charge is 0.305 e. The van der Waals surface area contributed by atoms with E-state index in [0.29, 0.717) is 43.0 Å². The van der Waals surface area contributed by atoms with Crippen LogP contribution in [0, 0.1) is 28.6 Å². The van der Waals surface area contributed by atoms with Gasteiger partial charge in [-0.15, -0.1) is 0 Å². The SMILES string of the molecule is CCC(=O)OCCC[C@]1(O)CC[C@H]2[C@@H]3CC[C@]45O[C@H]4C(=O)CC[C@]5(C)[C@H]3CC[C@@]21C. The van der Waals surface area contributed by atoms with Crippen molar-refractivity contribution in [2.24, 2.45) is 28.6 Å². The van der Waals surface area contributed by atoms with Gasteiger partial charge in [0.05, 0.1) is 12.2 Å². The van der Waals surface area contributed by atoms with Crippen LogP contribution in [0.15, 0.2) is 0 Å². The third-order valence-electron chi connectivity index (χ3n) is 10.6. The van der Waals surface area contributed by atoms with E-state index < -0.39 is 5.60 Å². The van der Waals surface area contributed by atoms with Crippen LogP contribution in [-0.2, 0) is 19.1 Å². The first kappa shape index (κ1) is 20.9. The molecule has 5 nitrogen and oxygen atoms in total. The predicted octanol–water partition coefficient (Wildman–Crippen LogP) is 4.19. The number of epoxide rings is 1. The summed E-state index contributed by atoms with van der Waals surface area (Å²) < 4.78 is 11.4. The molecule has 0 aromatic rings. The van der Waals surface area contributed by atoms with E-state index >= 15 is 0 Å². The van der Waals surface area contributed by atoms with Crippen molar-refractivity contribution >= 4 is 11.8 Å². The molecule has 5 heteroatoms. The van der Waals surface area contributed by atoms with Gasteiger partial charge in [-0.3, -0.25) is 9.59 Å². The highest BCUT2D eigenvalue weighted by Gasteiger charge is 2.77. The number of carbonyl (C=O) groups excluding carboxylic acids is 2. The summed E-state index contributed by atoms with van der Waals surface area (Å²) in [5.74, 6) is 1.95. The Morgan fingerprint density at radius 1 is 1.10 bits per heavy atom. The van der Waals surface area contributed by atoms with E-state index in [1.54, 1.807) is 0 Å². The fourth-order valence-corrected chi connectivity index (χ4v) is 8.67. The lowest BCUT2D eigenvalue weighted by molar-refractivity contribution is -0.158. The molecule has 168 valence electrons. The summed E-state index contributed by atoms with van der Waals surface area (Å²) in [6.07, 6.45) is 9.66. The van der Waals surface area contributed by atoms with Gasteiger partial charge in [-0.1, -0.05) is 20.8 Å². The molecule has 1 heterocycles. The summed E-state index contributed by atoms with van der Waals surface area (Å²) in [6.45, 7) is 6.95. The summed E-state index contributed by atoms with van der Waals surface area (Å²) in [4.78, 5) is 23.7. The zero-order chi connectivity index (χ0) is 21.4. The van der Waals surface area contributed by atoms with Crippen LogP contribution in [-0.4, -0.2) is 40.8 Å². The summed E-state index contributed by atoms with van der Waals surface area (Å²) in [5.41, 5.74) is -0.767. The van der Waals surface area contributed by atoms with E-state index in [2.05, 4.69) is 13.8 Å². The fourth-order valence-electron chi connectivity index (χ4n) is 8.67. The standard InChI is InChI=1S/C25H38O5/c1-4-20(27)29-15-5-10-24(28)13-8-17-16-6-14-25-21(30-25)19(26)9-12-23(25,3)18(16)7-11-22(17,24)2/h16-18,21,28H,4-15H2,1-3H3/t16-,17-,18-,21-,22-,23+,24-,25-/m0/s1. The molecule has 1 spiro atoms. The number of ether oxygens (including phenoxy) is 2. The Kier molecular flexibility index (Phi) is 4.73. The van der Waals surface area contributed by atoms with Gasteiger partial charge >= 0.3 is 5.97 Å². The molecule has 5 fully saturated rings. The van der Waals surface area contributed by atoms with Gasteiger partial charge in [0.1, 0.15) is 11.7 Å². The van der Waals surface area contributed by atoms with E-state index in [-0.39, 0.29) is 28.5 Å². The molecular formula is C25H38O5. The highest BCUT2D eigenvalue weighted by molar-refractivity contribution is 5.88. The third kappa shape index (κ3) is 2.60. The second-order valence-corrected chi connectivity index (χ2v) is 11.4. The minimum Gasteiger partial charge on any atom is -0.466 e. The third-order valence-corrected chi connectivity index (χ3v) is 10.6. The lowest BCUT2D eigenvalue weighted by atomic mass is 9.44. The Labute approximate surface area is 180 Å². The summed E-state index contributed by atoms with van der Waals surface area (Å²) >= 11 is 0. The average molecular weight is 419 g/mol. The first-order chi connectivity index (χ1) is 14.2. The van der Waals surface area contributed by atoms with E-state index in [4.69, 9.17) is 9.47 Å². The number of ketones is 1. The van der Waals surface area contributed by atoms with E-state index in [1.165, 1.54) is 0 Å². The van der Waals surface area contributed by atoms with Crippen LogP contribution in [0.5, 0.6) is 0 Å². The average Bonchev–Trinajstić information content (AvgIpc) is 3.42. The molecule has 5 rings (SSSR count). The van der Waals surface area contributed by atoms with Crippen LogP contribution in [0.25, 0.3) is 0 Å².